The maximum Gasteiger partial charge on any atom is 0.262 e. The van der Waals surface area contributed by atoms with Gasteiger partial charge in [-0.05, 0) is 24.3 Å². The molecular formula is C20H24N2O4. The summed E-state index contributed by atoms with van der Waals surface area (Å²) < 4.78 is 10.7. The molecule has 0 atom stereocenters. The lowest BCUT2D eigenvalue weighted by atomic mass is 9.95. The van der Waals surface area contributed by atoms with E-state index in [1.54, 1.807) is 49.6 Å². The van der Waals surface area contributed by atoms with Gasteiger partial charge in [-0.15, -0.1) is 0 Å². The van der Waals surface area contributed by atoms with Gasteiger partial charge in [0.1, 0.15) is 11.5 Å². The second-order valence-electron chi connectivity index (χ2n) is 6.77. The van der Waals surface area contributed by atoms with Gasteiger partial charge in [-0.1, -0.05) is 39.0 Å². The molecule has 0 aromatic heterocycles. The van der Waals surface area contributed by atoms with Crippen LogP contribution in [0.3, 0.4) is 0 Å². The third kappa shape index (κ3) is 5.51. The van der Waals surface area contributed by atoms with Crippen LogP contribution in [0.4, 0.5) is 11.4 Å². The first-order chi connectivity index (χ1) is 12.3. The fourth-order valence-corrected chi connectivity index (χ4v) is 2.07. The molecule has 2 rings (SSSR count). The maximum absolute atomic E-state index is 12.1. The molecule has 6 nitrogen and oxygen atoms in total. The van der Waals surface area contributed by atoms with Gasteiger partial charge in [0.2, 0.25) is 5.91 Å². The van der Waals surface area contributed by atoms with Gasteiger partial charge in [0.05, 0.1) is 12.8 Å². The Morgan fingerprint density at radius 3 is 2.42 bits per heavy atom. The Morgan fingerprint density at radius 2 is 1.73 bits per heavy atom. The number of carbonyl (C=O) groups excluding carboxylic acids is 2. The fourth-order valence-electron chi connectivity index (χ4n) is 2.07. The van der Waals surface area contributed by atoms with Crippen LogP contribution in [-0.2, 0) is 9.59 Å². The van der Waals surface area contributed by atoms with E-state index in [4.69, 9.17) is 9.47 Å². The number of nitrogens with one attached hydrogen (secondary N) is 2. The number of rotatable bonds is 6. The molecule has 138 valence electrons. The van der Waals surface area contributed by atoms with Crippen LogP contribution in [0.25, 0.3) is 0 Å². The molecule has 0 spiro atoms. The Hall–Kier alpha value is -3.02. The van der Waals surface area contributed by atoms with E-state index in [0.29, 0.717) is 22.9 Å². The van der Waals surface area contributed by atoms with Crippen molar-refractivity contribution in [2.45, 2.75) is 20.8 Å². The van der Waals surface area contributed by atoms with E-state index in [-0.39, 0.29) is 18.4 Å². The standard InChI is InChI=1S/C20H24N2O4/c1-20(2,3)19(24)21-14-8-7-9-15(12-14)26-13-18(23)22-16-10-5-6-11-17(16)25-4/h5-12H,13H2,1-4H3,(H,21,24)(H,22,23). The largest absolute Gasteiger partial charge is 0.495 e. The molecule has 26 heavy (non-hydrogen) atoms. The summed E-state index contributed by atoms with van der Waals surface area (Å²) in [7, 11) is 1.54. The van der Waals surface area contributed by atoms with E-state index in [9.17, 15) is 9.59 Å². The molecule has 2 aromatic carbocycles. The number of anilines is 2. The average Bonchev–Trinajstić information content (AvgIpc) is 2.60. The highest BCUT2D eigenvalue weighted by Crippen LogP contribution is 2.23. The van der Waals surface area contributed by atoms with Gasteiger partial charge in [-0.3, -0.25) is 9.59 Å². The first kappa shape index (κ1) is 19.3. The minimum absolute atomic E-state index is 0.0939. The van der Waals surface area contributed by atoms with Crippen molar-refractivity contribution in [3.63, 3.8) is 0 Å². The molecule has 2 N–H and O–H groups in total. The minimum Gasteiger partial charge on any atom is -0.495 e. The lowest BCUT2D eigenvalue weighted by molar-refractivity contribution is -0.123. The normalized spacial score (nSPS) is 10.8. The molecule has 2 aromatic rings. The number of hydrogen-bond donors (Lipinski definition) is 2. The van der Waals surface area contributed by atoms with Crippen molar-refractivity contribution in [2.75, 3.05) is 24.4 Å². The van der Waals surface area contributed by atoms with E-state index in [2.05, 4.69) is 10.6 Å². The average molecular weight is 356 g/mol. The van der Waals surface area contributed by atoms with Crippen molar-refractivity contribution in [3.8, 4) is 11.5 Å². The van der Waals surface area contributed by atoms with Crippen molar-refractivity contribution < 1.29 is 19.1 Å². The molecule has 0 saturated heterocycles. The molecule has 0 aliphatic carbocycles. The Labute approximate surface area is 153 Å². The molecule has 0 aliphatic heterocycles. The Morgan fingerprint density at radius 1 is 1.00 bits per heavy atom. The quantitative estimate of drug-likeness (QED) is 0.827. The van der Waals surface area contributed by atoms with Gasteiger partial charge < -0.3 is 20.1 Å². The van der Waals surface area contributed by atoms with Crippen LogP contribution >= 0.6 is 0 Å². The monoisotopic (exact) mass is 356 g/mol. The van der Waals surface area contributed by atoms with Crippen molar-refractivity contribution in [2.24, 2.45) is 5.41 Å². The number of hydrogen-bond acceptors (Lipinski definition) is 4. The lowest BCUT2D eigenvalue weighted by Gasteiger charge is -2.18. The molecule has 0 saturated carbocycles. The van der Waals surface area contributed by atoms with Gasteiger partial charge in [0, 0.05) is 17.2 Å². The Bertz CT molecular complexity index is 781. The molecular weight excluding hydrogens is 332 g/mol. The number of carbonyl (C=O) groups is 2. The van der Waals surface area contributed by atoms with E-state index in [1.807, 2.05) is 26.8 Å². The number of para-hydroxylation sites is 2. The Balaban J connectivity index is 1.94. The second-order valence-corrected chi connectivity index (χ2v) is 6.77. The number of amides is 2. The van der Waals surface area contributed by atoms with Crippen LogP contribution in [-0.4, -0.2) is 25.5 Å². The van der Waals surface area contributed by atoms with Gasteiger partial charge in [-0.2, -0.15) is 0 Å². The summed E-state index contributed by atoms with van der Waals surface area (Å²) in [5, 5.41) is 5.57. The van der Waals surface area contributed by atoms with E-state index < -0.39 is 5.41 Å². The predicted molar refractivity (Wildman–Crippen MR) is 102 cm³/mol. The van der Waals surface area contributed by atoms with Crippen LogP contribution in [0.1, 0.15) is 20.8 Å². The van der Waals surface area contributed by atoms with Crippen molar-refractivity contribution in [1.29, 1.82) is 0 Å². The predicted octanol–water partition coefficient (Wildman–Crippen LogP) is 3.70. The maximum atomic E-state index is 12.1. The molecule has 0 fully saturated rings. The van der Waals surface area contributed by atoms with Gasteiger partial charge in [-0.25, -0.2) is 0 Å². The Kier molecular flexibility index (Phi) is 6.22. The van der Waals surface area contributed by atoms with E-state index in [0.717, 1.165) is 0 Å². The molecule has 6 heteroatoms. The first-order valence-corrected chi connectivity index (χ1v) is 8.27. The summed E-state index contributed by atoms with van der Waals surface area (Å²) in [6.45, 7) is 5.36. The zero-order valence-corrected chi connectivity index (χ0v) is 15.5. The second kappa shape index (κ2) is 8.38. The molecule has 0 unspecified atom stereocenters. The third-order valence-electron chi connectivity index (χ3n) is 3.52. The molecule has 0 heterocycles. The summed E-state index contributed by atoms with van der Waals surface area (Å²) in [5.74, 6) is 0.668. The zero-order chi connectivity index (χ0) is 19.2. The third-order valence-corrected chi connectivity index (χ3v) is 3.52. The molecule has 2 amide bonds. The van der Waals surface area contributed by atoms with Crippen molar-refractivity contribution in [3.05, 3.63) is 48.5 Å². The fraction of sp³-hybridized carbons (Fsp3) is 0.300. The summed E-state index contributed by atoms with van der Waals surface area (Å²) in [5.41, 5.74) is 0.702. The summed E-state index contributed by atoms with van der Waals surface area (Å²) >= 11 is 0. The van der Waals surface area contributed by atoms with Crippen molar-refractivity contribution >= 4 is 23.2 Å². The van der Waals surface area contributed by atoms with Crippen LogP contribution < -0.4 is 20.1 Å². The minimum atomic E-state index is -0.495. The summed E-state index contributed by atoms with van der Waals surface area (Å²) in [6, 6.07) is 14.1. The zero-order valence-electron chi connectivity index (χ0n) is 15.5. The SMILES string of the molecule is COc1ccccc1NC(=O)COc1cccc(NC(=O)C(C)(C)C)c1. The number of methoxy groups -OCH3 is 1. The van der Waals surface area contributed by atoms with E-state index >= 15 is 0 Å². The van der Waals surface area contributed by atoms with Gasteiger partial charge in [0.25, 0.3) is 5.91 Å². The van der Waals surface area contributed by atoms with Crippen LogP contribution in [0.15, 0.2) is 48.5 Å². The first-order valence-electron chi connectivity index (χ1n) is 8.27. The number of benzene rings is 2. The summed E-state index contributed by atoms with van der Waals surface area (Å²) in [4.78, 5) is 24.1. The summed E-state index contributed by atoms with van der Waals surface area (Å²) in [6.07, 6.45) is 0. The van der Waals surface area contributed by atoms with E-state index in [1.165, 1.54) is 0 Å². The molecule has 0 aliphatic rings. The van der Waals surface area contributed by atoms with Crippen molar-refractivity contribution in [1.82, 2.24) is 0 Å². The number of ether oxygens (including phenoxy) is 2. The van der Waals surface area contributed by atoms with Crippen LogP contribution in [0.2, 0.25) is 0 Å². The molecule has 0 radical (unpaired) electrons. The lowest BCUT2D eigenvalue weighted by Crippen LogP contribution is -2.27. The van der Waals surface area contributed by atoms with Gasteiger partial charge >= 0.3 is 0 Å². The highest BCUT2D eigenvalue weighted by Gasteiger charge is 2.21. The smallest absolute Gasteiger partial charge is 0.262 e. The van der Waals surface area contributed by atoms with Gasteiger partial charge in [0.15, 0.2) is 6.61 Å². The highest BCUT2D eigenvalue weighted by atomic mass is 16.5. The topological polar surface area (TPSA) is 76.7 Å². The molecule has 0 bridgehead atoms. The highest BCUT2D eigenvalue weighted by molar-refractivity contribution is 5.95. The van der Waals surface area contributed by atoms with Crippen LogP contribution in [0.5, 0.6) is 11.5 Å². The van der Waals surface area contributed by atoms with Crippen LogP contribution in [0, 0.1) is 5.41 Å².